The molecule has 0 bridgehead atoms. The molecule has 1 atom stereocenters. The maximum absolute atomic E-state index is 11.0. The molecule has 1 heterocycles. The van der Waals surface area contributed by atoms with E-state index in [-0.39, 0.29) is 0 Å². The topological polar surface area (TPSA) is 104 Å². The van der Waals surface area contributed by atoms with Crippen LogP contribution in [-0.2, 0) is 16.1 Å². The van der Waals surface area contributed by atoms with Gasteiger partial charge in [0.05, 0.1) is 0 Å². The van der Waals surface area contributed by atoms with Crippen LogP contribution in [0.2, 0.25) is 0 Å². The Morgan fingerprint density at radius 3 is 2.13 bits per heavy atom. The van der Waals surface area contributed by atoms with E-state index in [2.05, 4.69) is 4.90 Å². The summed E-state index contributed by atoms with van der Waals surface area (Å²) >= 11 is 0. The van der Waals surface area contributed by atoms with Crippen molar-refractivity contribution < 1.29 is 33.0 Å². The smallest absolute Gasteiger partial charge is 0.480 e. The second-order valence-corrected chi connectivity index (χ2v) is 5.21. The Morgan fingerprint density at radius 2 is 1.74 bits per heavy atom. The maximum atomic E-state index is 11.0. The molecule has 1 unspecified atom stereocenters. The standard InChI is InChI=1S/C12H16N2O2.C2HF3O2/c13-12(11(15)16)6-7-14(9-12)8-10-4-2-1-3-5-10;3-2(4,5)1(6)7/h1-5H,6-9,13H2,(H,15,16);(H,6,7). The van der Waals surface area contributed by atoms with Crippen molar-refractivity contribution >= 4 is 11.9 Å². The molecule has 1 aliphatic rings. The first-order chi connectivity index (χ1) is 10.5. The Balaban J connectivity index is 0.000000322. The van der Waals surface area contributed by atoms with Crippen LogP contribution in [0.3, 0.4) is 0 Å². The fourth-order valence-corrected chi connectivity index (χ4v) is 2.07. The van der Waals surface area contributed by atoms with Gasteiger partial charge in [0.25, 0.3) is 0 Å². The molecule has 2 rings (SSSR count). The zero-order valence-corrected chi connectivity index (χ0v) is 12.1. The van der Waals surface area contributed by atoms with Gasteiger partial charge in [0.1, 0.15) is 5.54 Å². The van der Waals surface area contributed by atoms with Crippen molar-refractivity contribution in [2.24, 2.45) is 5.73 Å². The van der Waals surface area contributed by atoms with Gasteiger partial charge >= 0.3 is 18.1 Å². The molecule has 0 aliphatic carbocycles. The summed E-state index contributed by atoms with van der Waals surface area (Å²) in [6, 6.07) is 10.0. The van der Waals surface area contributed by atoms with Crippen molar-refractivity contribution in [3.63, 3.8) is 0 Å². The van der Waals surface area contributed by atoms with Gasteiger partial charge in [-0.1, -0.05) is 30.3 Å². The quantitative estimate of drug-likeness (QED) is 0.770. The lowest BCUT2D eigenvalue weighted by Gasteiger charge is -2.19. The summed E-state index contributed by atoms with van der Waals surface area (Å²) in [5.74, 6) is -3.66. The van der Waals surface area contributed by atoms with E-state index < -0.39 is 23.7 Å². The highest BCUT2D eigenvalue weighted by molar-refractivity contribution is 5.79. The monoisotopic (exact) mass is 334 g/mol. The van der Waals surface area contributed by atoms with Crippen LogP contribution in [0.25, 0.3) is 0 Å². The number of nitrogens with two attached hydrogens (primary N) is 1. The second-order valence-electron chi connectivity index (χ2n) is 5.21. The highest BCUT2D eigenvalue weighted by Gasteiger charge is 2.41. The summed E-state index contributed by atoms with van der Waals surface area (Å²) in [5.41, 5.74) is 5.94. The SMILES string of the molecule is NC1(C(=O)O)CCN(Cc2ccccc2)C1.O=C(O)C(F)(F)F. The van der Waals surface area contributed by atoms with E-state index in [1.165, 1.54) is 5.56 Å². The molecule has 0 aromatic heterocycles. The number of carboxylic acid groups (broad SMARTS) is 2. The molecule has 0 spiro atoms. The van der Waals surface area contributed by atoms with Gasteiger partial charge in [-0.2, -0.15) is 13.2 Å². The van der Waals surface area contributed by atoms with E-state index >= 15 is 0 Å². The highest BCUT2D eigenvalue weighted by atomic mass is 19.4. The molecule has 128 valence electrons. The Labute approximate surface area is 130 Å². The van der Waals surface area contributed by atoms with Crippen molar-refractivity contribution in [2.75, 3.05) is 13.1 Å². The van der Waals surface area contributed by atoms with Crippen LogP contribution in [0, 0.1) is 0 Å². The van der Waals surface area contributed by atoms with Gasteiger partial charge in [-0.15, -0.1) is 0 Å². The van der Waals surface area contributed by atoms with Gasteiger partial charge in [-0.05, 0) is 12.0 Å². The zero-order valence-electron chi connectivity index (χ0n) is 12.1. The largest absolute Gasteiger partial charge is 0.490 e. The zero-order chi connectivity index (χ0) is 17.7. The lowest BCUT2D eigenvalue weighted by atomic mass is 10.0. The van der Waals surface area contributed by atoms with Crippen molar-refractivity contribution in [1.29, 1.82) is 0 Å². The molecule has 0 amide bonds. The number of halogens is 3. The van der Waals surface area contributed by atoms with Crippen molar-refractivity contribution in [3.05, 3.63) is 35.9 Å². The molecular weight excluding hydrogens is 317 g/mol. The number of hydrogen-bond acceptors (Lipinski definition) is 4. The van der Waals surface area contributed by atoms with E-state index in [4.69, 9.17) is 20.7 Å². The van der Waals surface area contributed by atoms with Crippen molar-refractivity contribution in [3.8, 4) is 0 Å². The molecule has 0 radical (unpaired) electrons. The van der Waals surface area contributed by atoms with E-state index in [1.54, 1.807) is 0 Å². The Hall–Kier alpha value is -2.13. The van der Waals surface area contributed by atoms with Gasteiger partial charge in [0.15, 0.2) is 0 Å². The molecule has 6 nitrogen and oxygen atoms in total. The van der Waals surface area contributed by atoms with E-state index in [9.17, 15) is 18.0 Å². The van der Waals surface area contributed by atoms with Gasteiger partial charge in [0.2, 0.25) is 0 Å². The number of rotatable bonds is 3. The first-order valence-corrected chi connectivity index (χ1v) is 6.63. The van der Waals surface area contributed by atoms with E-state index in [1.807, 2.05) is 30.3 Å². The third-order valence-electron chi connectivity index (χ3n) is 3.30. The van der Waals surface area contributed by atoms with Crippen LogP contribution in [0.4, 0.5) is 13.2 Å². The number of carboxylic acids is 2. The van der Waals surface area contributed by atoms with Crippen LogP contribution >= 0.6 is 0 Å². The Morgan fingerprint density at radius 1 is 1.22 bits per heavy atom. The summed E-state index contributed by atoms with van der Waals surface area (Å²) in [5, 5.41) is 16.1. The minimum Gasteiger partial charge on any atom is -0.480 e. The predicted molar refractivity (Wildman–Crippen MR) is 74.6 cm³/mol. The summed E-state index contributed by atoms with van der Waals surface area (Å²) in [6.07, 6.45) is -4.56. The molecule has 4 N–H and O–H groups in total. The predicted octanol–water partition coefficient (Wildman–Crippen LogP) is 1.31. The lowest BCUT2D eigenvalue weighted by Crippen LogP contribution is -2.50. The number of nitrogens with zero attached hydrogens (tertiary/aromatic N) is 1. The molecule has 1 saturated heterocycles. The number of aliphatic carboxylic acids is 2. The molecule has 23 heavy (non-hydrogen) atoms. The normalized spacial score (nSPS) is 21.4. The summed E-state index contributed by atoms with van der Waals surface area (Å²) in [7, 11) is 0. The Bertz CT molecular complexity index is 551. The number of alkyl halides is 3. The summed E-state index contributed by atoms with van der Waals surface area (Å²) in [4.78, 5) is 22.0. The van der Waals surface area contributed by atoms with Crippen molar-refractivity contribution in [2.45, 2.75) is 24.7 Å². The first kappa shape index (κ1) is 18.9. The average Bonchev–Trinajstić information content (AvgIpc) is 2.82. The van der Waals surface area contributed by atoms with Gasteiger partial charge < -0.3 is 15.9 Å². The fraction of sp³-hybridized carbons (Fsp3) is 0.429. The van der Waals surface area contributed by atoms with Crippen molar-refractivity contribution in [1.82, 2.24) is 4.90 Å². The third-order valence-corrected chi connectivity index (χ3v) is 3.30. The minimum atomic E-state index is -5.08. The van der Waals surface area contributed by atoms with Crippen LogP contribution in [-0.4, -0.2) is 51.9 Å². The average molecular weight is 334 g/mol. The number of likely N-dealkylation sites (tertiary alicyclic amines) is 1. The number of hydrogen-bond donors (Lipinski definition) is 3. The number of benzene rings is 1. The van der Waals surface area contributed by atoms with Crippen LogP contribution in [0.1, 0.15) is 12.0 Å². The maximum Gasteiger partial charge on any atom is 0.490 e. The molecular formula is C14H17F3N2O4. The molecule has 9 heteroatoms. The molecule has 1 aromatic rings. The number of carbonyl (C=O) groups is 2. The minimum absolute atomic E-state index is 0.428. The molecule has 0 saturated carbocycles. The van der Waals surface area contributed by atoms with E-state index in [0.29, 0.717) is 13.0 Å². The lowest BCUT2D eigenvalue weighted by molar-refractivity contribution is -0.192. The fourth-order valence-electron chi connectivity index (χ4n) is 2.07. The molecule has 1 fully saturated rings. The van der Waals surface area contributed by atoms with E-state index in [0.717, 1.165) is 13.1 Å². The molecule has 1 aliphatic heterocycles. The molecule has 1 aromatic carbocycles. The summed E-state index contributed by atoms with van der Waals surface area (Å²) in [6.45, 7) is 1.95. The van der Waals surface area contributed by atoms with Crippen LogP contribution in [0.15, 0.2) is 30.3 Å². The van der Waals surface area contributed by atoms with Gasteiger partial charge in [0, 0.05) is 19.6 Å². The van der Waals surface area contributed by atoms with Gasteiger partial charge in [-0.25, -0.2) is 4.79 Å². The Kier molecular flexibility index (Phi) is 6.11. The van der Waals surface area contributed by atoms with Crippen LogP contribution < -0.4 is 5.73 Å². The third kappa shape index (κ3) is 5.87. The summed E-state index contributed by atoms with van der Waals surface area (Å²) < 4.78 is 31.7. The van der Waals surface area contributed by atoms with Gasteiger partial charge in [-0.3, -0.25) is 9.69 Å². The highest BCUT2D eigenvalue weighted by Crippen LogP contribution is 2.20. The van der Waals surface area contributed by atoms with Crippen LogP contribution in [0.5, 0.6) is 0 Å². The second kappa shape index (κ2) is 7.42. The first-order valence-electron chi connectivity index (χ1n) is 6.63.